The Labute approximate surface area is 132 Å². The van der Waals surface area contributed by atoms with E-state index in [4.69, 9.17) is 4.52 Å². The van der Waals surface area contributed by atoms with Gasteiger partial charge < -0.3 is 4.52 Å². The summed E-state index contributed by atoms with van der Waals surface area (Å²) in [6.07, 6.45) is 2.46. The molecule has 6 nitrogen and oxygen atoms in total. The smallest absolute Gasteiger partial charge is 0.152 e. The Bertz CT molecular complexity index is 617. The van der Waals surface area contributed by atoms with E-state index in [9.17, 15) is 0 Å². The van der Waals surface area contributed by atoms with Crippen LogP contribution in [-0.2, 0) is 20.1 Å². The van der Waals surface area contributed by atoms with E-state index >= 15 is 0 Å². The van der Waals surface area contributed by atoms with Gasteiger partial charge in [0, 0.05) is 38.2 Å². The average molecular weight is 354 g/mol. The summed E-state index contributed by atoms with van der Waals surface area (Å²) in [5, 5.41) is 12.8. The van der Waals surface area contributed by atoms with E-state index in [-0.39, 0.29) is 0 Å². The molecule has 0 radical (unpaired) electrons. The van der Waals surface area contributed by atoms with Gasteiger partial charge in [-0.2, -0.15) is 9.90 Å². The molecule has 3 rings (SSSR count). The standard InChI is InChI=1S/C14H20BrN5O/c1-9(2)20(8-12-14(15)17-19(3)16-12)7-11-6-13(21-18-11)10-4-5-10/h6,9-10H,4-5,7-8H2,1-3H3. The Kier molecular flexibility index (Phi) is 4.12. The number of rotatable bonds is 6. The molecule has 0 N–H and O–H groups in total. The van der Waals surface area contributed by atoms with Gasteiger partial charge >= 0.3 is 0 Å². The lowest BCUT2D eigenvalue weighted by molar-refractivity contribution is 0.194. The molecule has 0 bridgehead atoms. The first-order valence-corrected chi connectivity index (χ1v) is 8.07. The maximum Gasteiger partial charge on any atom is 0.152 e. The Hall–Kier alpha value is -1.21. The fraction of sp³-hybridized carbons (Fsp3) is 0.643. The van der Waals surface area contributed by atoms with Crippen LogP contribution < -0.4 is 0 Å². The molecule has 21 heavy (non-hydrogen) atoms. The monoisotopic (exact) mass is 353 g/mol. The van der Waals surface area contributed by atoms with Gasteiger partial charge in [-0.25, -0.2) is 0 Å². The summed E-state index contributed by atoms with van der Waals surface area (Å²) in [7, 11) is 1.83. The molecule has 0 aromatic carbocycles. The molecule has 1 saturated carbocycles. The molecule has 0 unspecified atom stereocenters. The van der Waals surface area contributed by atoms with Gasteiger partial charge in [0.05, 0.1) is 5.69 Å². The SMILES string of the molecule is CC(C)N(Cc1cc(C2CC2)on1)Cc1nn(C)nc1Br. The van der Waals surface area contributed by atoms with E-state index in [1.807, 2.05) is 7.05 Å². The Morgan fingerprint density at radius 3 is 2.71 bits per heavy atom. The third-order valence-electron chi connectivity index (χ3n) is 3.74. The normalized spacial score (nSPS) is 15.3. The van der Waals surface area contributed by atoms with Crippen LogP contribution in [0.25, 0.3) is 0 Å². The van der Waals surface area contributed by atoms with Crippen LogP contribution in [0.4, 0.5) is 0 Å². The van der Waals surface area contributed by atoms with Crippen molar-refractivity contribution >= 4 is 15.9 Å². The van der Waals surface area contributed by atoms with E-state index in [2.05, 4.69) is 56.1 Å². The van der Waals surface area contributed by atoms with Crippen LogP contribution in [0.1, 0.15) is 49.8 Å². The van der Waals surface area contributed by atoms with E-state index in [0.29, 0.717) is 12.0 Å². The van der Waals surface area contributed by atoms with Gasteiger partial charge in [0.25, 0.3) is 0 Å². The number of halogens is 1. The van der Waals surface area contributed by atoms with Crippen molar-refractivity contribution in [3.05, 3.63) is 27.8 Å². The van der Waals surface area contributed by atoms with Gasteiger partial charge in [-0.05, 0) is 42.6 Å². The quantitative estimate of drug-likeness (QED) is 0.798. The molecule has 0 atom stereocenters. The summed E-state index contributed by atoms with van der Waals surface area (Å²) in [4.78, 5) is 3.89. The van der Waals surface area contributed by atoms with Gasteiger partial charge in [-0.1, -0.05) is 5.16 Å². The van der Waals surface area contributed by atoms with Crippen molar-refractivity contribution in [2.45, 2.75) is 51.7 Å². The zero-order valence-corrected chi connectivity index (χ0v) is 14.2. The van der Waals surface area contributed by atoms with Crippen LogP contribution in [0.15, 0.2) is 15.2 Å². The van der Waals surface area contributed by atoms with Gasteiger partial charge in [0.2, 0.25) is 0 Å². The molecule has 2 aromatic heterocycles. The highest BCUT2D eigenvalue weighted by Crippen LogP contribution is 2.40. The molecule has 2 aromatic rings. The lowest BCUT2D eigenvalue weighted by atomic mass is 10.2. The molecule has 1 aliphatic rings. The molecular weight excluding hydrogens is 334 g/mol. The van der Waals surface area contributed by atoms with Crippen molar-refractivity contribution in [2.75, 3.05) is 0 Å². The summed E-state index contributed by atoms with van der Waals surface area (Å²) in [6, 6.07) is 2.48. The fourth-order valence-corrected chi connectivity index (χ4v) is 2.74. The van der Waals surface area contributed by atoms with E-state index in [0.717, 1.165) is 34.8 Å². The maximum atomic E-state index is 5.43. The predicted molar refractivity (Wildman–Crippen MR) is 81.6 cm³/mol. The van der Waals surface area contributed by atoms with Gasteiger partial charge in [-0.3, -0.25) is 4.90 Å². The largest absolute Gasteiger partial charge is 0.361 e. The van der Waals surface area contributed by atoms with Crippen molar-refractivity contribution in [3.63, 3.8) is 0 Å². The zero-order chi connectivity index (χ0) is 15.0. The van der Waals surface area contributed by atoms with Crippen LogP contribution in [0.3, 0.4) is 0 Å². The first kappa shape index (κ1) is 14.7. The van der Waals surface area contributed by atoms with E-state index in [1.54, 1.807) is 4.80 Å². The average Bonchev–Trinajstić information content (AvgIpc) is 3.08. The highest BCUT2D eigenvalue weighted by atomic mass is 79.9. The first-order chi connectivity index (χ1) is 10.0. The summed E-state index contributed by atoms with van der Waals surface area (Å²) in [5.74, 6) is 1.64. The van der Waals surface area contributed by atoms with E-state index in [1.165, 1.54) is 12.8 Å². The Balaban J connectivity index is 1.70. The second-order valence-electron chi connectivity index (χ2n) is 5.92. The molecule has 0 spiro atoms. The topological polar surface area (TPSA) is 60.0 Å². The summed E-state index contributed by atoms with van der Waals surface area (Å²) >= 11 is 3.46. The number of aromatic nitrogens is 4. The van der Waals surface area contributed by atoms with Gasteiger partial charge in [-0.15, -0.1) is 5.10 Å². The lowest BCUT2D eigenvalue weighted by Crippen LogP contribution is -2.30. The Morgan fingerprint density at radius 2 is 2.14 bits per heavy atom. The number of hydrogen-bond acceptors (Lipinski definition) is 5. The zero-order valence-electron chi connectivity index (χ0n) is 12.6. The lowest BCUT2D eigenvalue weighted by Gasteiger charge is -2.24. The highest BCUT2D eigenvalue weighted by molar-refractivity contribution is 9.10. The van der Waals surface area contributed by atoms with Crippen LogP contribution >= 0.6 is 15.9 Å². The van der Waals surface area contributed by atoms with Crippen molar-refractivity contribution in [1.82, 2.24) is 25.1 Å². The van der Waals surface area contributed by atoms with Crippen molar-refractivity contribution in [1.29, 1.82) is 0 Å². The minimum absolute atomic E-state index is 0.389. The van der Waals surface area contributed by atoms with E-state index < -0.39 is 0 Å². The van der Waals surface area contributed by atoms with Gasteiger partial charge in [0.1, 0.15) is 11.5 Å². The minimum Gasteiger partial charge on any atom is -0.361 e. The molecule has 1 aliphatic carbocycles. The Morgan fingerprint density at radius 1 is 1.38 bits per heavy atom. The molecular formula is C14H20BrN5O. The highest BCUT2D eigenvalue weighted by Gasteiger charge is 2.28. The second kappa shape index (κ2) is 5.88. The number of aryl methyl sites for hydroxylation is 1. The molecule has 7 heteroatoms. The molecule has 0 amide bonds. The number of nitrogens with zero attached hydrogens (tertiary/aromatic N) is 5. The molecule has 0 aliphatic heterocycles. The second-order valence-corrected chi connectivity index (χ2v) is 6.67. The molecule has 1 fully saturated rings. The first-order valence-electron chi connectivity index (χ1n) is 7.28. The van der Waals surface area contributed by atoms with Crippen molar-refractivity contribution < 1.29 is 4.52 Å². The van der Waals surface area contributed by atoms with Crippen LogP contribution in [0, 0.1) is 0 Å². The third-order valence-corrected chi connectivity index (χ3v) is 4.36. The van der Waals surface area contributed by atoms with Crippen molar-refractivity contribution in [3.8, 4) is 0 Å². The summed E-state index contributed by atoms with van der Waals surface area (Å²) < 4.78 is 6.23. The maximum absolute atomic E-state index is 5.43. The van der Waals surface area contributed by atoms with Crippen molar-refractivity contribution in [2.24, 2.45) is 7.05 Å². The van der Waals surface area contributed by atoms with Crippen LogP contribution in [-0.4, -0.2) is 31.1 Å². The molecule has 0 saturated heterocycles. The summed E-state index contributed by atoms with van der Waals surface area (Å²) in [6.45, 7) is 5.84. The third kappa shape index (κ3) is 3.52. The van der Waals surface area contributed by atoms with Crippen LogP contribution in [0.5, 0.6) is 0 Å². The number of hydrogen-bond donors (Lipinski definition) is 0. The summed E-state index contributed by atoms with van der Waals surface area (Å²) in [5.41, 5.74) is 1.93. The fourth-order valence-electron chi connectivity index (χ4n) is 2.30. The van der Waals surface area contributed by atoms with Gasteiger partial charge in [0.15, 0.2) is 4.60 Å². The molecule has 114 valence electrons. The molecule has 2 heterocycles. The predicted octanol–water partition coefficient (Wildman–Crippen LogP) is 2.85. The van der Waals surface area contributed by atoms with Crippen LogP contribution in [0.2, 0.25) is 0 Å². The minimum atomic E-state index is 0.389.